The quantitative estimate of drug-likeness (QED) is 0.515. The predicted molar refractivity (Wildman–Crippen MR) is 102 cm³/mol. The minimum Gasteiger partial charge on any atom is -0.508 e. The SMILES string of the molecule is COC(=O)c1ccc(-c2[nH]c3ccccc3c2-c2ccc(O)cc2)cc1. The molecule has 0 saturated heterocycles. The lowest BCUT2D eigenvalue weighted by molar-refractivity contribution is 0.0601. The summed E-state index contributed by atoms with van der Waals surface area (Å²) in [5, 5.41) is 10.7. The number of phenols is 1. The predicted octanol–water partition coefficient (Wildman–Crippen LogP) is 4.99. The number of ether oxygens (including phenoxy) is 1. The van der Waals surface area contributed by atoms with Gasteiger partial charge < -0.3 is 14.8 Å². The lowest BCUT2D eigenvalue weighted by atomic mass is 9.98. The fourth-order valence-corrected chi connectivity index (χ4v) is 3.18. The monoisotopic (exact) mass is 343 g/mol. The summed E-state index contributed by atoms with van der Waals surface area (Å²) in [6.45, 7) is 0. The molecular weight excluding hydrogens is 326 g/mol. The second-order valence-electron chi connectivity index (χ2n) is 6.04. The average molecular weight is 343 g/mol. The highest BCUT2D eigenvalue weighted by Gasteiger charge is 2.15. The summed E-state index contributed by atoms with van der Waals surface area (Å²) in [4.78, 5) is 15.1. The summed E-state index contributed by atoms with van der Waals surface area (Å²) >= 11 is 0. The van der Waals surface area contributed by atoms with Gasteiger partial charge in [-0.15, -0.1) is 0 Å². The first-order valence-corrected chi connectivity index (χ1v) is 8.26. The zero-order valence-electron chi connectivity index (χ0n) is 14.2. The van der Waals surface area contributed by atoms with Crippen LogP contribution in [0, 0.1) is 0 Å². The van der Waals surface area contributed by atoms with E-state index in [1.54, 1.807) is 24.3 Å². The number of aromatic nitrogens is 1. The number of benzene rings is 3. The first-order chi connectivity index (χ1) is 12.7. The van der Waals surface area contributed by atoms with Crippen molar-refractivity contribution < 1.29 is 14.6 Å². The number of hydrogen-bond donors (Lipinski definition) is 2. The zero-order valence-corrected chi connectivity index (χ0v) is 14.2. The minimum atomic E-state index is -0.355. The van der Waals surface area contributed by atoms with E-state index in [1.165, 1.54) is 7.11 Å². The summed E-state index contributed by atoms with van der Waals surface area (Å²) in [5.74, 6) is -0.121. The number of phenolic OH excluding ortho intramolecular Hbond substituents is 1. The maximum Gasteiger partial charge on any atom is 0.337 e. The van der Waals surface area contributed by atoms with Crippen LogP contribution in [0.1, 0.15) is 10.4 Å². The van der Waals surface area contributed by atoms with E-state index in [1.807, 2.05) is 42.5 Å². The van der Waals surface area contributed by atoms with Gasteiger partial charge in [0.1, 0.15) is 5.75 Å². The van der Waals surface area contributed by atoms with E-state index in [2.05, 4.69) is 11.1 Å². The van der Waals surface area contributed by atoms with E-state index < -0.39 is 0 Å². The zero-order chi connectivity index (χ0) is 18.1. The third kappa shape index (κ3) is 2.71. The molecule has 0 unspecified atom stereocenters. The number of H-pyrrole nitrogens is 1. The Morgan fingerprint density at radius 2 is 1.54 bits per heavy atom. The van der Waals surface area contributed by atoms with Gasteiger partial charge in [-0.05, 0) is 41.5 Å². The molecule has 4 heteroatoms. The molecule has 0 aliphatic rings. The number of hydrogen-bond acceptors (Lipinski definition) is 3. The van der Waals surface area contributed by atoms with Crippen LogP contribution in [0.2, 0.25) is 0 Å². The van der Waals surface area contributed by atoms with E-state index >= 15 is 0 Å². The molecule has 4 rings (SSSR count). The number of fused-ring (bicyclic) bond motifs is 1. The number of aromatic hydroxyl groups is 1. The summed E-state index contributed by atoms with van der Waals surface area (Å²) in [6, 6.07) is 22.6. The highest BCUT2D eigenvalue weighted by molar-refractivity contribution is 6.04. The Morgan fingerprint density at radius 1 is 0.885 bits per heavy atom. The number of aromatic amines is 1. The third-order valence-corrected chi connectivity index (χ3v) is 4.46. The molecule has 0 aliphatic heterocycles. The molecule has 0 saturated carbocycles. The number of rotatable bonds is 3. The topological polar surface area (TPSA) is 62.3 Å². The van der Waals surface area contributed by atoms with E-state index in [0.717, 1.165) is 33.3 Å². The van der Waals surface area contributed by atoms with E-state index in [0.29, 0.717) is 5.56 Å². The Kier molecular flexibility index (Phi) is 3.93. The number of nitrogens with one attached hydrogen (secondary N) is 1. The Hall–Kier alpha value is -3.53. The molecule has 0 amide bonds. The summed E-state index contributed by atoms with van der Waals surface area (Å²) in [6.07, 6.45) is 0. The summed E-state index contributed by atoms with van der Waals surface area (Å²) in [5.41, 5.74) is 5.55. The molecule has 26 heavy (non-hydrogen) atoms. The van der Waals surface area contributed by atoms with Gasteiger partial charge in [0.05, 0.1) is 18.4 Å². The number of para-hydroxylation sites is 1. The van der Waals surface area contributed by atoms with Crippen LogP contribution >= 0.6 is 0 Å². The second-order valence-corrected chi connectivity index (χ2v) is 6.04. The number of esters is 1. The van der Waals surface area contributed by atoms with Crippen molar-refractivity contribution in [3.8, 4) is 28.1 Å². The van der Waals surface area contributed by atoms with Gasteiger partial charge in [0.15, 0.2) is 0 Å². The van der Waals surface area contributed by atoms with Gasteiger partial charge in [0, 0.05) is 16.5 Å². The lowest BCUT2D eigenvalue weighted by Crippen LogP contribution is -2.00. The van der Waals surface area contributed by atoms with Crippen LogP contribution in [-0.2, 0) is 4.74 Å². The molecule has 128 valence electrons. The molecule has 0 atom stereocenters. The van der Waals surface area contributed by atoms with Crippen molar-refractivity contribution in [2.24, 2.45) is 0 Å². The molecule has 1 aromatic heterocycles. The Bertz CT molecular complexity index is 1080. The first-order valence-electron chi connectivity index (χ1n) is 8.26. The Labute approximate surface area is 150 Å². The van der Waals surface area contributed by atoms with Crippen molar-refractivity contribution in [2.75, 3.05) is 7.11 Å². The van der Waals surface area contributed by atoms with Crippen LogP contribution in [0.4, 0.5) is 0 Å². The third-order valence-electron chi connectivity index (χ3n) is 4.46. The highest BCUT2D eigenvalue weighted by atomic mass is 16.5. The Balaban J connectivity index is 1.91. The minimum absolute atomic E-state index is 0.234. The van der Waals surface area contributed by atoms with Gasteiger partial charge in [-0.2, -0.15) is 0 Å². The van der Waals surface area contributed by atoms with Gasteiger partial charge in [-0.25, -0.2) is 4.79 Å². The number of carbonyl (C=O) groups is 1. The molecule has 4 nitrogen and oxygen atoms in total. The smallest absolute Gasteiger partial charge is 0.337 e. The Morgan fingerprint density at radius 3 is 2.23 bits per heavy atom. The van der Waals surface area contributed by atoms with Gasteiger partial charge in [0.2, 0.25) is 0 Å². The van der Waals surface area contributed by atoms with Gasteiger partial charge in [0.25, 0.3) is 0 Å². The van der Waals surface area contributed by atoms with E-state index in [4.69, 9.17) is 4.74 Å². The number of methoxy groups -OCH3 is 1. The summed E-state index contributed by atoms with van der Waals surface area (Å²) < 4.78 is 4.76. The molecule has 0 aliphatic carbocycles. The molecule has 4 aromatic rings. The largest absolute Gasteiger partial charge is 0.508 e. The molecule has 0 radical (unpaired) electrons. The van der Waals surface area contributed by atoms with Gasteiger partial charge >= 0.3 is 5.97 Å². The van der Waals surface area contributed by atoms with Crippen molar-refractivity contribution in [3.05, 3.63) is 78.4 Å². The normalized spacial score (nSPS) is 10.8. The number of carbonyl (C=O) groups excluding carboxylic acids is 1. The molecule has 2 N–H and O–H groups in total. The first kappa shape index (κ1) is 16.0. The fourth-order valence-electron chi connectivity index (χ4n) is 3.18. The van der Waals surface area contributed by atoms with Crippen molar-refractivity contribution >= 4 is 16.9 Å². The molecular formula is C22H17NO3. The molecule has 0 spiro atoms. The van der Waals surface area contributed by atoms with Crippen LogP contribution in [0.25, 0.3) is 33.3 Å². The average Bonchev–Trinajstić information content (AvgIpc) is 3.07. The summed E-state index contributed by atoms with van der Waals surface area (Å²) in [7, 11) is 1.37. The molecule has 0 bridgehead atoms. The fraction of sp³-hybridized carbons (Fsp3) is 0.0455. The van der Waals surface area contributed by atoms with Crippen molar-refractivity contribution in [2.45, 2.75) is 0 Å². The highest BCUT2D eigenvalue weighted by Crippen LogP contribution is 2.38. The van der Waals surface area contributed by atoms with Gasteiger partial charge in [-0.3, -0.25) is 0 Å². The lowest BCUT2D eigenvalue weighted by Gasteiger charge is -2.07. The van der Waals surface area contributed by atoms with Crippen molar-refractivity contribution in [1.29, 1.82) is 0 Å². The van der Waals surface area contributed by atoms with Gasteiger partial charge in [-0.1, -0.05) is 42.5 Å². The van der Waals surface area contributed by atoms with Crippen LogP contribution in [0.15, 0.2) is 72.8 Å². The van der Waals surface area contributed by atoms with Crippen LogP contribution < -0.4 is 0 Å². The standard InChI is InChI=1S/C22H17NO3/c1-26-22(25)16-8-6-15(7-9-16)21-20(14-10-12-17(24)13-11-14)18-4-2-3-5-19(18)23-21/h2-13,23-24H,1H3. The maximum absolute atomic E-state index is 11.7. The van der Waals surface area contributed by atoms with Crippen LogP contribution in [0.5, 0.6) is 5.75 Å². The van der Waals surface area contributed by atoms with Crippen molar-refractivity contribution in [3.63, 3.8) is 0 Å². The second kappa shape index (κ2) is 6.41. The van der Waals surface area contributed by atoms with Crippen molar-refractivity contribution in [1.82, 2.24) is 4.98 Å². The van der Waals surface area contributed by atoms with Crippen LogP contribution in [0.3, 0.4) is 0 Å². The maximum atomic E-state index is 11.7. The molecule has 3 aromatic carbocycles. The van der Waals surface area contributed by atoms with Crippen LogP contribution in [-0.4, -0.2) is 23.2 Å². The molecule has 1 heterocycles. The van der Waals surface area contributed by atoms with E-state index in [-0.39, 0.29) is 11.7 Å². The molecule has 0 fully saturated rings. The van der Waals surface area contributed by atoms with E-state index in [9.17, 15) is 9.90 Å².